The summed E-state index contributed by atoms with van der Waals surface area (Å²) in [5.74, 6) is 1.23. The van der Waals surface area contributed by atoms with Gasteiger partial charge in [0.15, 0.2) is 16.6 Å². The van der Waals surface area contributed by atoms with Crippen LogP contribution < -0.4 is 15.8 Å². The van der Waals surface area contributed by atoms with Crippen molar-refractivity contribution < 1.29 is 9.84 Å². The molecule has 0 aromatic carbocycles. The van der Waals surface area contributed by atoms with Crippen molar-refractivity contribution >= 4 is 22.4 Å². The van der Waals surface area contributed by atoms with Gasteiger partial charge in [-0.15, -0.1) is 0 Å². The van der Waals surface area contributed by atoms with E-state index in [-0.39, 0.29) is 12.5 Å². The molecule has 1 rings (SSSR count). The molecule has 6 heteroatoms. The van der Waals surface area contributed by atoms with E-state index in [1.807, 2.05) is 13.8 Å². The van der Waals surface area contributed by atoms with Crippen LogP contribution in [0.3, 0.4) is 0 Å². The first kappa shape index (κ1) is 12.1. The second-order valence-electron chi connectivity index (χ2n) is 3.33. The van der Waals surface area contributed by atoms with Crippen LogP contribution in [0.15, 0.2) is 0 Å². The molecule has 0 saturated heterocycles. The summed E-state index contributed by atoms with van der Waals surface area (Å²) in [5, 5.41) is 12.9. The maximum atomic E-state index is 8.88. The smallest absolute Gasteiger partial charge is 0.197 e. The molecule has 0 saturated carbocycles. The highest BCUT2D eigenvalue weighted by Crippen LogP contribution is 2.35. The Morgan fingerprint density at radius 3 is 3.00 bits per heavy atom. The molecule has 1 heterocycles. The molecule has 1 aromatic heterocycles. The van der Waals surface area contributed by atoms with Crippen molar-refractivity contribution in [2.24, 2.45) is 5.92 Å². The molecular weight excluding hydrogens is 214 g/mol. The van der Waals surface area contributed by atoms with E-state index in [2.05, 4.69) is 9.69 Å². The van der Waals surface area contributed by atoms with Gasteiger partial charge in [0, 0.05) is 13.2 Å². The van der Waals surface area contributed by atoms with Crippen LogP contribution in [0.2, 0.25) is 0 Å². The summed E-state index contributed by atoms with van der Waals surface area (Å²) in [7, 11) is 0. The van der Waals surface area contributed by atoms with Crippen LogP contribution in [0.5, 0.6) is 5.75 Å². The standard InChI is InChI=1S/C9H17N3O2S/c1-3-14-7-8(10)12-15-9(7)11-4-6(2)5-13/h6,11,13H,3-5H2,1-2H3,(H2,10,12). The maximum absolute atomic E-state index is 8.88. The first-order valence-corrected chi connectivity index (χ1v) is 5.69. The summed E-state index contributed by atoms with van der Waals surface area (Å²) in [6.07, 6.45) is 0. The van der Waals surface area contributed by atoms with E-state index >= 15 is 0 Å². The molecule has 0 aliphatic heterocycles. The third-order valence-electron chi connectivity index (χ3n) is 1.89. The van der Waals surface area contributed by atoms with Crippen LogP contribution in [-0.4, -0.2) is 29.2 Å². The van der Waals surface area contributed by atoms with Crippen molar-refractivity contribution in [2.45, 2.75) is 13.8 Å². The minimum atomic E-state index is 0.158. The molecule has 0 spiro atoms. The summed E-state index contributed by atoms with van der Waals surface area (Å²) in [4.78, 5) is 0. The Hall–Kier alpha value is -1.01. The maximum Gasteiger partial charge on any atom is 0.197 e. The number of aliphatic hydroxyl groups is 1. The van der Waals surface area contributed by atoms with Crippen LogP contribution in [-0.2, 0) is 0 Å². The number of hydrogen-bond donors (Lipinski definition) is 3. The Bertz CT molecular complexity index is 304. The van der Waals surface area contributed by atoms with Gasteiger partial charge < -0.3 is 20.9 Å². The Labute approximate surface area is 93.4 Å². The Morgan fingerprint density at radius 1 is 1.67 bits per heavy atom. The van der Waals surface area contributed by atoms with Crippen molar-refractivity contribution in [3.05, 3.63) is 0 Å². The first-order valence-electron chi connectivity index (χ1n) is 4.91. The number of nitrogens with one attached hydrogen (secondary N) is 1. The van der Waals surface area contributed by atoms with Gasteiger partial charge in [-0.25, -0.2) is 0 Å². The monoisotopic (exact) mass is 231 g/mol. The predicted molar refractivity (Wildman–Crippen MR) is 62.4 cm³/mol. The molecule has 1 atom stereocenters. The first-order chi connectivity index (χ1) is 7.19. The van der Waals surface area contributed by atoms with E-state index in [9.17, 15) is 0 Å². The average molecular weight is 231 g/mol. The summed E-state index contributed by atoms with van der Waals surface area (Å²) in [6, 6.07) is 0. The fraction of sp³-hybridized carbons (Fsp3) is 0.667. The number of rotatable bonds is 6. The molecular formula is C9H17N3O2S. The van der Waals surface area contributed by atoms with Crippen molar-refractivity contribution in [1.82, 2.24) is 4.37 Å². The molecule has 1 aromatic rings. The molecule has 0 radical (unpaired) electrons. The fourth-order valence-corrected chi connectivity index (χ4v) is 1.69. The van der Waals surface area contributed by atoms with Crippen LogP contribution in [0, 0.1) is 5.92 Å². The highest BCUT2D eigenvalue weighted by atomic mass is 32.1. The van der Waals surface area contributed by atoms with Crippen molar-refractivity contribution in [3.8, 4) is 5.75 Å². The summed E-state index contributed by atoms with van der Waals surface area (Å²) in [6.45, 7) is 5.26. The molecule has 1 unspecified atom stereocenters. The third-order valence-corrected chi connectivity index (χ3v) is 2.69. The fourth-order valence-electron chi connectivity index (χ4n) is 1.02. The molecule has 0 aliphatic carbocycles. The van der Waals surface area contributed by atoms with Crippen LogP contribution >= 0.6 is 11.5 Å². The quantitative estimate of drug-likeness (QED) is 0.684. The number of aliphatic hydroxyl groups excluding tert-OH is 1. The van der Waals surface area contributed by atoms with Gasteiger partial charge in [0.1, 0.15) is 0 Å². The number of aromatic nitrogens is 1. The van der Waals surface area contributed by atoms with E-state index < -0.39 is 0 Å². The van der Waals surface area contributed by atoms with E-state index in [0.29, 0.717) is 24.7 Å². The molecule has 0 fully saturated rings. The highest BCUT2D eigenvalue weighted by molar-refractivity contribution is 7.11. The molecule has 4 N–H and O–H groups in total. The van der Waals surface area contributed by atoms with Gasteiger partial charge in [-0.3, -0.25) is 0 Å². The number of nitrogens with zero attached hydrogens (tertiary/aromatic N) is 1. The summed E-state index contributed by atoms with van der Waals surface area (Å²) in [5.41, 5.74) is 5.65. The van der Waals surface area contributed by atoms with Crippen molar-refractivity contribution in [3.63, 3.8) is 0 Å². The summed E-state index contributed by atoms with van der Waals surface area (Å²) < 4.78 is 9.38. The minimum absolute atomic E-state index is 0.158. The van der Waals surface area contributed by atoms with Crippen LogP contribution in [0.4, 0.5) is 10.8 Å². The van der Waals surface area contributed by atoms with Gasteiger partial charge in [-0.1, -0.05) is 6.92 Å². The minimum Gasteiger partial charge on any atom is -0.487 e. The molecule has 0 aliphatic rings. The predicted octanol–water partition coefficient (Wildman–Crippen LogP) is 1.16. The number of anilines is 2. The Morgan fingerprint density at radius 2 is 2.40 bits per heavy atom. The lowest BCUT2D eigenvalue weighted by Crippen LogP contribution is -2.14. The normalized spacial score (nSPS) is 12.5. The summed E-state index contributed by atoms with van der Waals surface area (Å²) >= 11 is 1.28. The third kappa shape index (κ3) is 3.24. The molecule has 0 amide bonds. The van der Waals surface area contributed by atoms with Gasteiger partial charge in [0.2, 0.25) is 0 Å². The largest absolute Gasteiger partial charge is 0.487 e. The van der Waals surface area contributed by atoms with E-state index in [1.54, 1.807) is 0 Å². The number of hydrogen-bond acceptors (Lipinski definition) is 6. The molecule has 0 bridgehead atoms. The number of ether oxygens (including phenoxy) is 1. The Kier molecular flexibility index (Phi) is 4.64. The Balaban J connectivity index is 2.60. The van der Waals surface area contributed by atoms with Gasteiger partial charge in [-0.2, -0.15) is 4.37 Å². The van der Waals surface area contributed by atoms with Crippen molar-refractivity contribution in [2.75, 3.05) is 30.8 Å². The van der Waals surface area contributed by atoms with E-state index in [1.165, 1.54) is 11.5 Å². The van der Waals surface area contributed by atoms with Crippen LogP contribution in [0.1, 0.15) is 13.8 Å². The van der Waals surface area contributed by atoms with Gasteiger partial charge in [0.05, 0.1) is 6.61 Å². The highest BCUT2D eigenvalue weighted by Gasteiger charge is 2.12. The zero-order valence-corrected chi connectivity index (χ0v) is 9.80. The van der Waals surface area contributed by atoms with Gasteiger partial charge in [-0.05, 0) is 24.4 Å². The SMILES string of the molecule is CCOc1c(N)nsc1NCC(C)CO. The van der Waals surface area contributed by atoms with E-state index in [4.69, 9.17) is 15.6 Å². The molecule has 86 valence electrons. The zero-order chi connectivity index (χ0) is 11.3. The molecule has 15 heavy (non-hydrogen) atoms. The van der Waals surface area contributed by atoms with Gasteiger partial charge >= 0.3 is 0 Å². The number of nitrogen functional groups attached to an aromatic ring is 1. The topological polar surface area (TPSA) is 80.4 Å². The lowest BCUT2D eigenvalue weighted by Gasteiger charge is -2.10. The molecule has 5 nitrogen and oxygen atoms in total. The van der Waals surface area contributed by atoms with Gasteiger partial charge in [0.25, 0.3) is 0 Å². The zero-order valence-electron chi connectivity index (χ0n) is 8.99. The second kappa shape index (κ2) is 5.77. The number of nitrogens with two attached hydrogens (primary N) is 1. The van der Waals surface area contributed by atoms with E-state index in [0.717, 1.165) is 5.00 Å². The van der Waals surface area contributed by atoms with Crippen molar-refractivity contribution in [1.29, 1.82) is 0 Å². The second-order valence-corrected chi connectivity index (χ2v) is 4.10. The lowest BCUT2D eigenvalue weighted by atomic mass is 10.2. The lowest BCUT2D eigenvalue weighted by molar-refractivity contribution is 0.244. The van der Waals surface area contributed by atoms with Crippen LogP contribution in [0.25, 0.3) is 0 Å². The average Bonchev–Trinajstić information content (AvgIpc) is 2.58.